The maximum Gasteiger partial charge on any atom is 0.243 e. The Balaban J connectivity index is 4.90. The fourth-order valence-corrected chi connectivity index (χ4v) is 2.56. The Morgan fingerprint density at radius 1 is 1.29 bits per heavy atom. The molecule has 0 spiro atoms. The van der Waals surface area contributed by atoms with Crippen molar-refractivity contribution in [3.05, 3.63) is 11.8 Å². The topological polar surface area (TPSA) is 90.3 Å². The van der Waals surface area contributed by atoms with Crippen molar-refractivity contribution in [3.8, 4) is 0 Å². The first-order valence-electron chi connectivity index (χ1n) is 6.98. The van der Waals surface area contributed by atoms with Gasteiger partial charge >= 0.3 is 0 Å². The molecule has 21 heavy (non-hydrogen) atoms. The number of allylic oxidation sites excluding steroid dienone is 1. The summed E-state index contributed by atoms with van der Waals surface area (Å²) in [6.45, 7) is 12.5. The maximum absolute atomic E-state index is 12.2. The van der Waals surface area contributed by atoms with Gasteiger partial charge in [-0.3, -0.25) is 14.4 Å². The standard InChI is InChI=1S/C15H28N2O3S/c1-10(2)9-21(20)15(6,7)13(19)17-12(16)8-11(18)14(3,4)5/h8,10,18H,9H2,1-7H3,(H2,16,17,19)/b11-8-. The summed E-state index contributed by atoms with van der Waals surface area (Å²) >= 11 is 0. The highest BCUT2D eigenvalue weighted by Crippen LogP contribution is 2.22. The minimum absolute atomic E-state index is 0.00825. The Kier molecular flexibility index (Phi) is 6.80. The van der Waals surface area contributed by atoms with E-state index in [1.165, 1.54) is 6.08 Å². The molecular weight excluding hydrogens is 288 g/mol. The van der Waals surface area contributed by atoms with Crippen LogP contribution in [0.25, 0.3) is 0 Å². The van der Waals surface area contributed by atoms with Gasteiger partial charge in [0.05, 0.1) is 0 Å². The molecular formula is C15H28N2O3S. The number of aliphatic hydroxyl groups is 1. The van der Waals surface area contributed by atoms with Gasteiger partial charge in [-0.25, -0.2) is 0 Å². The SMILES string of the molecule is CC(C)CS(=O)C(C)(C)C(=O)NC(=N)/C=C(\O)C(C)(C)C. The summed E-state index contributed by atoms with van der Waals surface area (Å²) in [5.41, 5.74) is -0.493. The average molecular weight is 316 g/mol. The lowest BCUT2D eigenvalue weighted by atomic mass is 9.93. The number of hydrogen-bond donors (Lipinski definition) is 3. The van der Waals surface area contributed by atoms with E-state index in [4.69, 9.17) is 5.41 Å². The van der Waals surface area contributed by atoms with E-state index in [0.29, 0.717) is 5.75 Å². The first-order chi connectivity index (χ1) is 9.28. The van der Waals surface area contributed by atoms with E-state index in [9.17, 15) is 14.1 Å². The number of carbonyl (C=O) groups is 1. The van der Waals surface area contributed by atoms with Crippen LogP contribution in [-0.4, -0.2) is 31.6 Å². The molecule has 0 bridgehead atoms. The highest BCUT2D eigenvalue weighted by atomic mass is 32.2. The van der Waals surface area contributed by atoms with Crippen LogP contribution in [0.4, 0.5) is 0 Å². The van der Waals surface area contributed by atoms with Gasteiger partial charge in [0.25, 0.3) is 0 Å². The lowest BCUT2D eigenvalue weighted by molar-refractivity contribution is -0.121. The van der Waals surface area contributed by atoms with Gasteiger partial charge in [-0.2, -0.15) is 0 Å². The van der Waals surface area contributed by atoms with E-state index in [-0.39, 0.29) is 17.5 Å². The van der Waals surface area contributed by atoms with Gasteiger partial charge in [0.2, 0.25) is 5.91 Å². The molecule has 3 N–H and O–H groups in total. The number of hydrogen-bond acceptors (Lipinski definition) is 4. The van der Waals surface area contributed by atoms with Crippen molar-refractivity contribution in [3.63, 3.8) is 0 Å². The Labute approximate surface area is 130 Å². The maximum atomic E-state index is 12.2. The van der Waals surface area contributed by atoms with Crippen LogP contribution in [0.3, 0.4) is 0 Å². The minimum atomic E-state index is -1.33. The van der Waals surface area contributed by atoms with Crippen LogP contribution in [-0.2, 0) is 15.6 Å². The van der Waals surface area contributed by atoms with Crippen molar-refractivity contribution in [2.45, 2.75) is 53.2 Å². The smallest absolute Gasteiger partial charge is 0.243 e. The lowest BCUT2D eigenvalue weighted by Gasteiger charge is -2.24. The molecule has 0 aromatic heterocycles. The van der Waals surface area contributed by atoms with Crippen LogP contribution in [0.5, 0.6) is 0 Å². The molecule has 5 nitrogen and oxygen atoms in total. The number of carbonyl (C=O) groups excluding carboxylic acids is 1. The molecule has 0 aliphatic rings. The van der Waals surface area contributed by atoms with Gasteiger partial charge < -0.3 is 10.4 Å². The Morgan fingerprint density at radius 2 is 1.76 bits per heavy atom. The molecule has 0 fully saturated rings. The Bertz CT molecular complexity index is 460. The molecule has 6 heteroatoms. The fourth-order valence-electron chi connectivity index (χ4n) is 1.28. The van der Waals surface area contributed by atoms with Crippen molar-refractivity contribution in [2.75, 3.05) is 5.75 Å². The zero-order chi connectivity index (χ0) is 17.0. The van der Waals surface area contributed by atoms with Crippen LogP contribution in [0.1, 0.15) is 48.5 Å². The van der Waals surface area contributed by atoms with Crippen LogP contribution in [0.2, 0.25) is 0 Å². The van der Waals surface area contributed by atoms with Gasteiger partial charge in [0, 0.05) is 28.0 Å². The number of amidine groups is 1. The zero-order valence-corrected chi connectivity index (χ0v) is 14.9. The highest BCUT2D eigenvalue weighted by molar-refractivity contribution is 7.87. The second kappa shape index (κ2) is 7.20. The third-order valence-corrected chi connectivity index (χ3v) is 5.19. The summed E-state index contributed by atoms with van der Waals surface area (Å²) in [5.74, 6) is -0.0285. The summed E-state index contributed by atoms with van der Waals surface area (Å²) in [4.78, 5) is 12.2. The van der Waals surface area contributed by atoms with Crippen molar-refractivity contribution in [1.29, 1.82) is 5.41 Å². The molecule has 0 aromatic carbocycles. The molecule has 0 saturated carbocycles. The fraction of sp³-hybridized carbons (Fsp3) is 0.733. The second-order valence-electron chi connectivity index (χ2n) is 7.06. The average Bonchev–Trinajstić information content (AvgIpc) is 2.25. The lowest BCUT2D eigenvalue weighted by Crippen LogP contribution is -2.48. The molecule has 0 saturated heterocycles. The van der Waals surface area contributed by atoms with Gasteiger partial charge in [-0.1, -0.05) is 34.6 Å². The van der Waals surface area contributed by atoms with Gasteiger partial charge in [-0.05, 0) is 19.8 Å². The van der Waals surface area contributed by atoms with E-state index in [1.54, 1.807) is 34.6 Å². The quantitative estimate of drug-likeness (QED) is 0.414. The highest BCUT2D eigenvalue weighted by Gasteiger charge is 2.35. The van der Waals surface area contributed by atoms with E-state index < -0.39 is 26.9 Å². The summed E-state index contributed by atoms with van der Waals surface area (Å²) in [7, 11) is -1.33. The first kappa shape index (κ1) is 19.8. The summed E-state index contributed by atoms with van der Waals surface area (Å²) < 4.78 is 11.1. The molecule has 0 radical (unpaired) electrons. The molecule has 1 atom stereocenters. The minimum Gasteiger partial charge on any atom is -0.512 e. The number of nitrogens with one attached hydrogen (secondary N) is 2. The zero-order valence-electron chi connectivity index (χ0n) is 14.0. The van der Waals surface area contributed by atoms with E-state index in [2.05, 4.69) is 5.32 Å². The number of amides is 1. The van der Waals surface area contributed by atoms with Gasteiger partial charge in [0.15, 0.2) is 0 Å². The third-order valence-electron chi connectivity index (χ3n) is 2.90. The predicted octanol–water partition coefficient (Wildman–Crippen LogP) is 2.75. The number of rotatable bonds is 5. The number of aliphatic hydroxyl groups excluding tert-OH is 1. The molecule has 1 unspecified atom stereocenters. The van der Waals surface area contributed by atoms with Crippen molar-refractivity contribution < 1.29 is 14.1 Å². The Hall–Kier alpha value is -1.17. The molecule has 0 aromatic rings. The molecule has 0 aliphatic carbocycles. The third kappa shape index (κ3) is 6.42. The monoisotopic (exact) mass is 316 g/mol. The van der Waals surface area contributed by atoms with E-state index >= 15 is 0 Å². The van der Waals surface area contributed by atoms with Crippen LogP contribution in [0.15, 0.2) is 11.8 Å². The van der Waals surface area contributed by atoms with Crippen LogP contribution < -0.4 is 5.32 Å². The molecule has 122 valence electrons. The predicted molar refractivity (Wildman–Crippen MR) is 88.0 cm³/mol. The van der Waals surface area contributed by atoms with Gasteiger partial charge in [0.1, 0.15) is 16.3 Å². The molecule has 0 heterocycles. The molecule has 0 aliphatic heterocycles. The van der Waals surface area contributed by atoms with Crippen molar-refractivity contribution in [2.24, 2.45) is 11.3 Å². The largest absolute Gasteiger partial charge is 0.512 e. The molecule has 1 amide bonds. The van der Waals surface area contributed by atoms with Crippen molar-refractivity contribution in [1.82, 2.24) is 5.32 Å². The normalized spacial score (nSPS) is 15.0. The molecule has 0 rings (SSSR count). The summed E-state index contributed by atoms with van der Waals surface area (Å²) in [6.07, 6.45) is 1.21. The summed E-state index contributed by atoms with van der Waals surface area (Å²) in [5, 5.41) is 19.9. The van der Waals surface area contributed by atoms with Crippen LogP contribution >= 0.6 is 0 Å². The first-order valence-corrected chi connectivity index (χ1v) is 8.30. The summed E-state index contributed by atoms with van der Waals surface area (Å²) in [6, 6.07) is 0. The van der Waals surface area contributed by atoms with E-state index in [0.717, 1.165) is 0 Å². The van der Waals surface area contributed by atoms with E-state index in [1.807, 2.05) is 13.8 Å². The van der Waals surface area contributed by atoms with Crippen molar-refractivity contribution >= 4 is 22.5 Å². The van der Waals surface area contributed by atoms with Gasteiger partial charge in [-0.15, -0.1) is 0 Å². The second-order valence-corrected chi connectivity index (χ2v) is 9.11. The Morgan fingerprint density at radius 3 is 2.14 bits per heavy atom. The van der Waals surface area contributed by atoms with Crippen LogP contribution in [0, 0.1) is 16.7 Å².